The van der Waals surface area contributed by atoms with Crippen molar-refractivity contribution in [3.05, 3.63) is 41.0 Å². The van der Waals surface area contributed by atoms with Crippen LogP contribution in [0.4, 0.5) is 0 Å². The minimum Gasteiger partial charge on any atom is -0.467 e. The number of halogens is 1. The molecule has 1 aliphatic carbocycles. The molecule has 120 valence electrons. The molecule has 0 radical (unpaired) electrons. The van der Waals surface area contributed by atoms with E-state index in [0.29, 0.717) is 16.2 Å². The van der Waals surface area contributed by atoms with E-state index in [4.69, 9.17) is 16.3 Å². The van der Waals surface area contributed by atoms with Crippen molar-refractivity contribution in [2.24, 2.45) is 0 Å². The first kappa shape index (κ1) is 15.7. The number of carbonyl (C=O) groups is 2. The summed E-state index contributed by atoms with van der Waals surface area (Å²) in [5.74, 6) is -0.679. The molecule has 0 bridgehead atoms. The number of carbonyl (C=O) groups excluding carboxylic acids is 2. The van der Waals surface area contributed by atoms with Crippen molar-refractivity contribution in [3.8, 4) is 0 Å². The molecule has 1 amide bonds. The van der Waals surface area contributed by atoms with Crippen LogP contribution in [-0.4, -0.2) is 41.0 Å². The van der Waals surface area contributed by atoms with Crippen molar-refractivity contribution >= 4 is 34.4 Å². The van der Waals surface area contributed by atoms with Gasteiger partial charge in [0.15, 0.2) is 0 Å². The van der Waals surface area contributed by atoms with E-state index in [1.165, 1.54) is 7.11 Å². The van der Waals surface area contributed by atoms with Crippen molar-refractivity contribution in [3.63, 3.8) is 0 Å². The van der Waals surface area contributed by atoms with Crippen molar-refractivity contribution in [1.82, 2.24) is 9.88 Å². The Morgan fingerprint density at radius 1 is 1.30 bits per heavy atom. The summed E-state index contributed by atoms with van der Waals surface area (Å²) in [5.41, 5.74) is 0.965. The van der Waals surface area contributed by atoms with Crippen LogP contribution in [0.2, 0.25) is 5.02 Å². The molecule has 0 aliphatic heterocycles. The van der Waals surface area contributed by atoms with Gasteiger partial charge >= 0.3 is 5.97 Å². The molecule has 0 spiro atoms. The second-order valence-corrected chi connectivity index (χ2v) is 6.11. The maximum atomic E-state index is 12.8. The lowest BCUT2D eigenvalue weighted by molar-refractivity contribution is -0.145. The molecule has 0 saturated heterocycles. The first-order chi connectivity index (χ1) is 11.0. The van der Waals surface area contributed by atoms with Gasteiger partial charge in [0.2, 0.25) is 0 Å². The van der Waals surface area contributed by atoms with Gasteiger partial charge in [0, 0.05) is 16.5 Å². The van der Waals surface area contributed by atoms with E-state index >= 15 is 0 Å². The third-order valence-electron chi connectivity index (χ3n) is 4.01. The number of ether oxygens (including phenoxy) is 1. The van der Waals surface area contributed by atoms with Crippen molar-refractivity contribution in [1.29, 1.82) is 0 Å². The van der Waals surface area contributed by atoms with Gasteiger partial charge in [-0.15, -0.1) is 0 Å². The Morgan fingerprint density at radius 2 is 2.00 bits per heavy atom. The highest BCUT2D eigenvalue weighted by molar-refractivity contribution is 6.31. The zero-order valence-corrected chi connectivity index (χ0v) is 13.7. The van der Waals surface area contributed by atoms with E-state index in [0.717, 1.165) is 18.2 Å². The van der Waals surface area contributed by atoms with E-state index in [1.807, 2.05) is 12.1 Å². The first-order valence-corrected chi connectivity index (χ1v) is 7.86. The van der Waals surface area contributed by atoms with Crippen LogP contribution in [0, 0.1) is 0 Å². The molecule has 1 saturated carbocycles. The van der Waals surface area contributed by atoms with Crippen LogP contribution in [0.3, 0.4) is 0 Å². The second-order valence-electron chi connectivity index (χ2n) is 5.68. The van der Waals surface area contributed by atoms with E-state index in [2.05, 4.69) is 4.98 Å². The van der Waals surface area contributed by atoms with Crippen LogP contribution >= 0.6 is 11.6 Å². The predicted octanol–water partition coefficient (Wildman–Crippen LogP) is 3.05. The number of hydrogen-bond donors (Lipinski definition) is 0. The minimum absolute atomic E-state index is 0.0773. The zero-order chi connectivity index (χ0) is 16.6. The summed E-state index contributed by atoms with van der Waals surface area (Å²) in [6.45, 7) is 1.68. The lowest BCUT2D eigenvalue weighted by Gasteiger charge is -2.27. The number of aromatic nitrogens is 1. The van der Waals surface area contributed by atoms with Crippen molar-refractivity contribution < 1.29 is 14.3 Å². The number of nitrogens with zero attached hydrogens (tertiary/aromatic N) is 2. The number of pyridine rings is 1. The summed E-state index contributed by atoms with van der Waals surface area (Å²) in [7, 11) is 1.32. The Morgan fingerprint density at radius 3 is 2.65 bits per heavy atom. The fourth-order valence-electron chi connectivity index (χ4n) is 2.64. The van der Waals surface area contributed by atoms with Gasteiger partial charge in [0.05, 0.1) is 12.6 Å². The van der Waals surface area contributed by atoms with Crippen molar-refractivity contribution in [2.75, 3.05) is 7.11 Å². The van der Waals surface area contributed by atoms with Crippen LogP contribution in [0.5, 0.6) is 0 Å². The Balaban J connectivity index is 1.95. The monoisotopic (exact) mass is 332 g/mol. The van der Waals surface area contributed by atoms with Crippen molar-refractivity contribution in [2.45, 2.75) is 31.8 Å². The maximum Gasteiger partial charge on any atom is 0.328 e. The number of amides is 1. The Kier molecular flexibility index (Phi) is 4.22. The number of methoxy groups -OCH3 is 1. The van der Waals surface area contributed by atoms with Gasteiger partial charge in [-0.3, -0.25) is 4.79 Å². The van der Waals surface area contributed by atoms with Crippen LogP contribution in [0.15, 0.2) is 30.3 Å². The molecular formula is C17H17ClN2O3. The highest BCUT2D eigenvalue weighted by Crippen LogP contribution is 2.30. The summed E-state index contributed by atoms with van der Waals surface area (Å²) < 4.78 is 4.77. The minimum atomic E-state index is -0.628. The molecule has 1 aromatic heterocycles. The lowest BCUT2D eigenvalue weighted by Crippen LogP contribution is -2.45. The molecule has 3 rings (SSSR count). The van der Waals surface area contributed by atoms with Gasteiger partial charge in [-0.05, 0) is 38.0 Å². The molecule has 1 heterocycles. The number of rotatable bonds is 4. The maximum absolute atomic E-state index is 12.8. The molecule has 1 fully saturated rings. The number of hydrogen-bond acceptors (Lipinski definition) is 4. The molecule has 1 aliphatic rings. The van der Waals surface area contributed by atoms with Gasteiger partial charge in [0.1, 0.15) is 11.7 Å². The summed E-state index contributed by atoms with van der Waals surface area (Å²) in [6, 6.07) is 8.32. The summed E-state index contributed by atoms with van der Waals surface area (Å²) in [6.07, 6.45) is 1.79. The van der Waals surface area contributed by atoms with Gasteiger partial charge < -0.3 is 9.64 Å². The molecule has 0 unspecified atom stereocenters. The Hall–Kier alpha value is -2.14. The highest BCUT2D eigenvalue weighted by Gasteiger charge is 2.39. The molecular weight excluding hydrogens is 316 g/mol. The van der Waals surface area contributed by atoms with Crippen LogP contribution < -0.4 is 0 Å². The number of benzene rings is 1. The van der Waals surface area contributed by atoms with Crippen LogP contribution in [-0.2, 0) is 9.53 Å². The molecule has 1 aromatic carbocycles. The second kappa shape index (κ2) is 6.16. The summed E-state index contributed by atoms with van der Waals surface area (Å²) in [5, 5.41) is 1.47. The quantitative estimate of drug-likeness (QED) is 0.807. The topological polar surface area (TPSA) is 59.5 Å². The standard InChI is InChI=1S/C17H17ClN2O3/c1-10(17(22)23-2)20(13-6-7-13)16(21)14-8-4-11-3-5-12(18)9-15(11)19-14/h3-5,8-10,13H,6-7H2,1-2H3/t10-/m1/s1. The molecule has 1 atom stereocenters. The smallest absolute Gasteiger partial charge is 0.328 e. The predicted molar refractivity (Wildman–Crippen MR) is 87.4 cm³/mol. The first-order valence-electron chi connectivity index (χ1n) is 7.48. The summed E-state index contributed by atoms with van der Waals surface area (Å²) >= 11 is 5.99. The van der Waals surface area contributed by atoms with E-state index in [9.17, 15) is 9.59 Å². The molecule has 23 heavy (non-hydrogen) atoms. The third-order valence-corrected chi connectivity index (χ3v) is 4.24. The zero-order valence-electron chi connectivity index (χ0n) is 13.0. The number of esters is 1. The molecule has 6 heteroatoms. The van der Waals surface area contributed by atoms with Crippen LogP contribution in [0.1, 0.15) is 30.3 Å². The van der Waals surface area contributed by atoms with Gasteiger partial charge in [-0.2, -0.15) is 0 Å². The van der Waals surface area contributed by atoms with Crippen LogP contribution in [0.25, 0.3) is 10.9 Å². The normalized spacial score (nSPS) is 15.3. The van der Waals surface area contributed by atoms with E-state index < -0.39 is 12.0 Å². The fraction of sp³-hybridized carbons (Fsp3) is 0.353. The summed E-state index contributed by atoms with van der Waals surface area (Å²) in [4.78, 5) is 30.6. The average molecular weight is 333 g/mol. The lowest BCUT2D eigenvalue weighted by atomic mass is 10.1. The van der Waals surface area contributed by atoms with E-state index in [-0.39, 0.29) is 11.9 Å². The molecule has 2 aromatic rings. The SMILES string of the molecule is COC(=O)[C@@H](C)N(C(=O)c1ccc2ccc(Cl)cc2n1)C1CC1. The largest absolute Gasteiger partial charge is 0.467 e. The highest BCUT2D eigenvalue weighted by atomic mass is 35.5. The van der Waals surface area contributed by atoms with Gasteiger partial charge in [0.25, 0.3) is 5.91 Å². The van der Waals surface area contributed by atoms with Gasteiger partial charge in [-0.1, -0.05) is 23.7 Å². The van der Waals surface area contributed by atoms with E-state index in [1.54, 1.807) is 30.0 Å². The Labute approximate surface area is 139 Å². The molecule has 0 N–H and O–H groups in total. The third kappa shape index (κ3) is 3.15. The van der Waals surface area contributed by atoms with Gasteiger partial charge in [-0.25, -0.2) is 9.78 Å². The molecule has 5 nitrogen and oxygen atoms in total. The Bertz CT molecular complexity index is 774. The number of fused-ring (bicyclic) bond motifs is 1. The fourth-order valence-corrected chi connectivity index (χ4v) is 2.80. The average Bonchev–Trinajstić information content (AvgIpc) is 3.38.